The predicted molar refractivity (Wildman–Crippen MR) is 122 cm³/mol. The summed E-state index contributed by atoms with van der Waals surface area (Å²) in [5.41, 5.74) is -1.78. The molecule has 0 aliphatic carbocycles. The number of nitrogens with one attached hydrogen (secondary N) is 1. The number of piperazine rings is 1. The van der Waals surface area contributed by atoms with Crippen LogP contribution in [0.5, 0.6) is 5.75 Å². The molecule has 4 nitrogen and oxygen atoms in total. The van der Waals surface area contributed by atoms with E-state index in [1.165, 1.54) is 0 Å². The Morgan fingerprint density at radius 3 is 1.91 bits per heavy atom. The number of halogens is 6. The molecular formula is C25H31F6N3O. The van der Waals surface area contributed by atoms with E-state index in [0.29, 0.717) is 18.3 Å². The van der Waals surface area contributed by atoms with Crippen molar-refractivity contribution in [2.75, 3.05) is 39.8 Å². The molecule has 1 heterocycles. The van der Waals surface area contributed by atoms with Crippen molar-refractivity contribution in [1.29, 1.82) is 0 Å². The number of nitrogens with zero attached hydrogens (tertiary/aromatic N) is 2. The normalized spacial score (nSPS) is 17.1. The van der Waals surface area contributed by atoms with Crippen LogP contribution in [-0.4, -0.2) is 55.7 Å². The fraction of sp³-hybridized carbons (Fsp3) is 0.520. The number of benzene rings is 2. The van der Waals surface area contributed by atoms with Gasteiger partial charge in [-0.1, -0.05) is 18.2 Å². The molecule has 10 heteroatoms. The topological polar surface area (TPSA) is 27.7 Å². The molecule has 2 aromatic rings. The molecule has 1 atom stereocenters. The Bertz CT molecular complexity index is 936. The third kappa shape index (κ3) is 7.11. The minimum Gasteiger partial charge on any atom is -0.496 e. The summed E-state index contributed by atoms with van der Waals surface area (Å²) < 4.78 is 84.8. The van der Waals surface area contributed by atoms with Gasteiger partial charge in [-0.05, 0) is 43.7 Å². The van der Waals surface area contributed by atoms with E-state index in [1.54, 1.807) is 7.11 Å². The van der Waals surface area contributed by atoms with Gasteiger partial charge in [0.1, 0.15) is 5.75 Å². The first kappa shape index (κ1) is 27.3. The number of hydrogen-bond donors (Lipinski definition) is 1. The van der Waals surface area contributed by atoms with Crippen molar-refractivity contribution < 1.29 is 31.1 Å². The van der Waals surface area contributed by atoms with Gasteiger partial charge in [-0.2, -0.15) is 26.3 Å². The summed E-state index contributed by atoms with van der Waals surface area (Å²) >= 11 is 0. The largest absolute Gasteiger partial charge is 0.496 e. The van der Waals surface area contributed by atoms with Crippen molar-refractivity contribution in [2.45, 2.75) is 44.8 Å². The second-order valence-electron chi connectivity index (χ2n) is 8.97. The van der Waals surface area contributed by atoms with E-state index < -0.39 is 23.5 Å². The van der Waals surface area contributed by atoms with Crippen LogP contribution >= 0.6 is 0 Å². The maximum atomic E-state index is 13.2. The van der Waals surface area contributed by atoms with Gasteiger partial charge in [-0.3, -0.25) is 9.80 Å². The van der Waals surface area contributed by atoms with Crippen molar-refractivity contribution in [2.24, 2.45) is 0 Å². The van der Waals surface area contributed by atoms with Crippen molar-refractivity contribution in [3.05, 3.63) is 64.7 Å². The first-order chi connectivity index (χ1) is 16.4. The van der Waals surface area contributed by atoms with Crippen LogP contribution in [0.1, 0.15) is 42.1 Å². The van der Waals surface area contributed by atoms with Gasteiger partial charge in [0, 0.05) is 50.9 Å². The lowest BCUT2D eigenvalue weighted by molar-refractivity contribution is -0.143. The lowest BCUT2D eigenvalue weighted by atomic mass is 10.0. The molecule has 1 saturated heterocycles. The Morgan fingerprint density at radius 2 is 1.40 bits per heavy atom. The van der Waals surface area contributed by atoms with Gasteiger partial charge >= 0.3 is 12.4 Å². The number of ether oxygens (including phenoxy) is 1. The molecule has 1 aliphatic rings. The van der Waals surface area contributed by atoms with Crippen molar-refractivity contribution in [3.63, 3.8) is 0 Å². The van der Waals surface area contributed by atoms with Crippen LogP contribution in [-0.2, 0) is 18.9 Å². The Kier molecular flexibility index (Phi) is 8.72. The lowest BCUT2D eigenvalue weighted by Gasteiger charge is -2.41. The van der Waals surface area contributed by atoms with E-state index in [9.17, 15) is 26.3 Å². The monoisotopic (exact) mass is 503 g/mol. The van der Waals surface area contributed by atoms with E-state index in [0.717, 1.165) is 43.9 Å². The van der Waals surface area contributed by atoms with Crippen molar-refractivity contribution in [1.82, 2.24) is 15.1 Å². The SMILES string of the molecule is COc1ccccc1C(CNCc1cc(C(F)(F)F)cc(C(F)(F)F)c1)N1CCN(C(C)C)CC1. The van der Waals surface area contributed by atoms with Gasteiger partial charge in [0.05, 0.1) is 24.3 Å². The first-order valence-electron chi connectivity index (χ1n) is 11.5. The van der Waals surface area contributed by atoms with Crippen molar-refractivity contribution in [3.8, 4) is 5.75 Å². The maximum absolute atomic E-state index is 13.2. The second kappa shape index (κ2) is 11.2. The molecule has 0 radical (unpaired) electrons. The highest BCUT2D eigenvalue weighted by Gasteiger charge is 2.37. The molecule has 194 valence electrons. The van der Waals surface area contributed by atoms with Crippen LogP contribution < -0.4 is 10.1 Å². The highest BCUT2D eigenvalue weighted by molar-refractivity contribution is 5.37. The summed E-state index contributed by atoms with van der Waals surface area (Å²) in [6.07, 6.45) is -9.74. The van der Waals surface area contributed by atoms with E-state index >= 15 is 0 Å². The Labute approximate surface area is 201 Å². The Morgan fingerprint density at radius 1 is 0.857 bits per heavy atom. The predicted octanol–water partition coefficient (Wildman–Crippen LogP) is 5.59. The minimum atomic E-state index is -4.87. The standard InChI is InChI=1S/C25H31F6N3O/c1-17(2)33-8-10-34(11-9-33)22(21-6-4-5-7-23(21)35-3)16-32-15-18-12-19(24(26,27)28)14-20(13-18)25(29,30)31/h4-7,12-14,17,22,32H,8-11,15-16H2,1-3H3. The first-order valence-corrected chi connectivity index (χ1v) is 11.5. The Balaban J connectivity index is 1.81. The molecule has 1 aliphatic heterocycles. The van der Waals surface area contributed by atoms with E-state index in [2.05, 4.69) is 29.0 Å². The van der Waals surface area contributed by atoms with Gasteiger partial charge in [0.2, 0.25) is 0 Å². The second-order valence-corrected chi connectivity index (χ2v) is 8.97. The third-order valence-corrected chi connectivity index (χ3v) is 6.33. The highest BCUT2D eigenvalue weighted by atomic mass is 19.4. The van der Waals surface area contributed by atoms with Crippen LogP contribution in [0, 0.1) is 0 Å². The maximum Gasteiger partial charge on any atom is 0.416 e. The highest BCUT2D eigenvalue weighted by Crippen LogP contribution is 2.36. The van der Waals surface area contributed by atoms with E-state index in [4.69, 9.17) is 4.74 Å². The van der Waals surface area contributed by atoms with E-state index in [-0.39, 0.29) is 24.2 Å². The van der Waals surface area contributed by atoms with Gasteiger partial charge in [0.15, 0.2) is 0 Å². The molecular weight excluding hydrogens is 472 g/mol. The average Bonchev–Trinajstić information content (AvgIpc) is 2.80. The summed E-state index contributed by atoms with van der Waals surface area (Å²) in [4.78, 5) is 4.64. The number of methoxy groups -OCH3 is 1. The van der Waals surface area contributed by atoms with Gasteiger partial charge in [-0.25, -0.2) is 0 Å². The van der Waals surface area contributed by atoms with Crippen LogP contribution in [0.4, 0.5) is 26.3 Å². The number of hydrogen-bond acceptors (Lipinski definition) is 4. The molecule has 0 saturated carbocycles. The Hall–Kier alpha value is -2.30. The van der Waals surface area contributed by atoms with Crippen molar-refractivity contribution >= 4 is 0 Å². The molecule has 35 heavy (non-hydrogen) atoms. The molecule has 0 aromatic heterocycles. The fourth-order valence-electron chi connectivity index (χ4n) is 4.42. The quantitative estimate of drug-likeness (QED) is 0.476. The molecule has 2 aromatic carbocycles. The number of alkyl halides is 6. The van der Waals surface area contributed by atoms with Crippen LogP contribution in [0.3, 0.4) is 0 Å². The third-order valence-electron chi connectivity index (χ3n) is 6.33. The van der Waals surface area contributed by atoms with E-state index in [1.807, 2.05) is 24.3 Å². The fourth-order valence-corrected chi connectivity index (χ4v) is 4.42. The summed E-state index contributed by atoms with van der Waals surface area (Å²) in [7, 11) is 1.57. The lowest BCUT2D eigenvalue weighted by Crippen LogP contribution is -2.51. The molecule has 1 unspecified atom stereocenters. The van der Waals surface area contributed by atoms with Gasteiger partial charge in [0.25, 0.3) is 0 Å². The van der Waals surface area contributed by atoms with Crippen LogP contribution in [0.2, 0.25) is 0 Å². The molecule has 0 spiro atoms. The number of rotatable bonds is 8. The zero-order valence-corrected chi connectivity index (χ0v) is 20.0. The average molecular weight is 504 g/mol. The summed E-state index contributed by atoms with van der Waals surface area (Å²) in [6, 6.07) is 9.46. The molecule has 0 bridgehead atoms. The van der Waals surface area contributed by atoms with Crippen LogP contribution in [0.25, 0.3) is 0 Å². The van der Waals surface area contributed by atoms with Gasteiger partial charge in [-0.15, -0.1) is 0 Å². The summed E-state index contributed by atoms with van der Waals surface area (Å²) in [6.45, 7) is 7.77. The zero-order chi connectivity index (χ0) is 25.8. The molecule has 1 fully saturated rings. The van der Waals surface area contributed by atoms with Gasteiger partial charge < -0.3 is 10.1 Å². The summed E-state index contributed by atoms with van der Waals surface area (Å²) in [5.74, 6) is 0.684. The molecule has 3 rings (SSSR count). The van der Waals surface area contributed by atoms with Crippen LogP contribution in [0.15, 0.2) is 42.5 Å². The summed E-state index contributed by atoms with van der Waals surface area (Å²) in [5, 5.41) is 3.09. The molecule has 1 N–H and O–H groups in total. The number of para-hydroxylation sites is 1. The zero-order valence-electron chi connectivity index (χ0n) is 20.0. The minimum absolute atomic E-state index is 0.0736. The molecule has 0 amide bonds. The smallest absolute Gasteiger partial charge is 0.416 e.